The third kappa shape index (κ3) is 4.32. The van der Waals surface area contributed by atoms with Gasteiger partial charge in [-0.1, -0.05) is 84.8 Å². The summed E-state index contributed by atoms with van der Waals surface area (Å²) in [6, 6.07) is 10.5. The Labute approximate surface area is 130 Å². The Kier molecular flexibility index (Phi) is 5.89. The molecule has 1 aromatic carbocycles. The summed E-state index contributed by atoms with van der Waals surface area (Å²) in [6.45, 7) is 3.12. The van der Waals surface area contributed by atoms with Gasteiger partial charge in [0.25, 0.3) is 0 Å². The summed E-state index contributed by atoms with van der Waals surface area (Å²) in [5.41, 5.74) is 1.30. The highest BCUT2D eigenvalue weighted by atomic mass is 127. The molecule has 0 saturated heterocycles. The molecule has 1 saturated carbocycles. The number of halogens is 1. The smallest absolute Gasteiger partial charge is 0.0899 e. The molecule has 104 valence electrons. The largest absolute Gasteiger partial charge is 0.370 e. The zero-order valence-electron chi connectivity index (χ0n) is 11.6. The molecule has 0 amide bonds. The van der Waals surface area contributed by atoms with E-state index in [0.717, 1.165) is 17.0 Å². The lowest BCUT2D eigenvalue weighted by molar-refractivity contribution is 0.0673. The quantitative estimate of drug-likeness (QED) is 0.457. The first-order valence-corrected chi connectivity index (χ1v) is 8.77. The van der Waals surface area contributed by atoms with Crippen molar-refractivity contribution in [3.8, 4) is 0 Å². The highest BCUT2D eigenvalue weighted by Crippen LogP contribution is 2.51. The molecule has 1 aliphatic rings. The van der Waals surface area contributed by atoms with Gasteiger partial charge in [-0.15, -0.1) is 0 Å². The van der Waals surface area contributed by atoms with Crippen LogP contribution in [0.2, 0.25) is 0 Å². The topological polar surface area (TPSA) is 9.23 Å². The van der Waals surface area contributed by atoms with Crippen LogP contribution in [0.4, 0.5) is 0 Å². The van der Waals surface area contributed by atoms with E-state index < -0.39 is 0 Å². The van der Waals surface area contributed by atoms with Gasteiger partial charge in [-0.3, -0.25) is 0 Å². The zero-order chi connectivity index (χ0) is 13.6. The highest BCUT2D eigenvalue weighted by molar-refractivity contribution is 14.1. The maximum Gasteiger partial charge on any atom is 0.0899 e. The SMILES string of the molecule is CCCC[C@H]1C[C@@]1(/C=C/c1ccccc1)OCCI. The van der Waals surface area contributed by atoms with Crippen molar-refractivity contribution in [2.45, 2.75) is 38.2 Å². The first-order chi connectivity index (χ1) is 9.30. The van der Waals surface area contributed by atoms with Gasteiger partial charge in [0.2, 0.25) is 0 Å². The molecule has 1 aliphatic carbocycles. The van der Waals surface area contributed by atoms with Crippen molar-refractivity contribution in [1.29, 1.82) is 0 Å². The van der Waals surface area contributed by atoms with Gasteiger partial charge in [0.15, 0.2) is 0 Å². The fourth-order valence-corrected chi connectivity index (χ4v) is 2.80. The predicted molar refractivity (Wildman–Crippen MR) is 90.7 cm³/mol. The van der Waals surface area contributed by atoms with Crippen molar-refractivity contribution in [3.05, 3.63) is 42.0 Å². The van der Waals surface area contributed by atoms with Gasteiger partial charge < -0.3 is 4.74 Å². The molecule has 0 heterocycles. The van der Waals surface area contributed by atoms with Crippen LogP contribution in [0, 0.1) is 5.92 Å². The van der Waals surface area contributed by atoms with Crippen LogP contribution in [0.1, 0.15) is 38.2 Å². The average Bonchev–Trinajstić information content (AvgIpc) is 3.16. The Hall–Kier alpha value is -0.350. The van der Waals surface area contributed by atoms with E-state index >= 15 is 0 Å². The Morgan fingerprint density at radius 3 is 2.84 bits per heavy atom. The molecule has 1 fully saturated rings. The summed E-state index contributed by atoms with van der Waals surface area (Å²) in [5, 5.41) is 0. The molecule has 0 unspecified atom stereocenters. The number of hydrogen-bond donors (Lipinski definition) is 0. The van der Waals surface area contributed by atoms with E-state index in [1.807, 2.05) is 0 Å². The second-order valence-electron chi connectivity index (χ2n) is 5.28. The maximum absolute atomic E-state index is 6.13. The average molecular weight is 370 g/mol. The summed E-state index contributed by atoms with van der Waals surface area (Å²) in [5.74, 6) is 0.732. The van der Waals surface area contributed by atoms with E-state index in [2.05, 4.69) is 72.0 Å². The van der Waals surface area contributed by atoms with Crippen molar-refractivity contribution in [1.82, 2.24) is 0 Å². The Balaban J connectivity index is 1.97. The summed E-state index contributed by atoms with van der Waals surface area (Å²) < 4.78 is 7.20. The first kappa shape index (κ1) is 15.0. The lowest BCUT2D eigenvalue weighted by Gasteiger charge is -2.14. The molecule has 2 heteroatoms. The van der Waals surface area contributed by atoms with E-state index in [1.165, 1.54) is 31.2 Å². The Morgan fingerprint density at radius 1 is 1.37 bits per heavy atom. The van der Waals surface area contributed by atoms with Crippen LogP contribution in [0.5, 0.6) is 0 Å². The summed E-state index contributed by atoms with van der Waals surface area (Å²) in [4.78, 5) is 0. The molecule has 0 aromatic heterocycles. The van der Waals surface area contributed by atoms with Crippen molar-refractivity contribution < 1.29 is 4.74 Å². The van der Waals surface area contributed by atoms with Crippen molar-refractivity contribution in [2.24, 2.45) is 5.92 Å². The molecule has 0 spiro atoms. The molecule has 1 nitrogen and oxygen atoms in total. The molecule has 19 heavy (non-hydrogen) atoms. The number of hydrogen-bond acceptors (Lipinski definition) is 1. The number of ether oxygens (including phenoxy) is 1. The van der Waals surface area contributed by atoms with Crippen LogP contribution in [0.3, 0.4) is 0 Å². The molecule has 2 rings (SSSR count). The number of benzene rings is 1. The standard InChI is InChI=1S/C17H23IO/c1-2-3-9-16-14-17(16,19-13-12-18)11-10-15-7-5-4-6-8-15/h4-8,10-11,16H,2-3,9,12-14H2,1H3/b11-10+/t16-,17+/m0/s1. The highest BCUT2D eigenvalue weighted by Gasteiger charge is 2.52. The number of unbranched alkanes of at least 4 members (excludes halogenated alkanes) is 1. The van der Waals surface area contributed by atoms with Gasteiger partial charge >= 0.3 is 0 Å². The fraction of sp³-hybridized carbons (Fsp3) is 0.529. The normalized spacial score (nSPS) is 25.9. The third-order valence-electron chi connectivity index (χ3n) is 3.81. The lowest BCUT2D eigenvalue weighted by atomic mass is 10.1. The van der Waals surface area contributed by atoms with Crippen molar-refractivity contribution in [2.75, 3.05) is 11.0 Å². The third-order valence-corrected chi connectivity index (χ3v) is 4.25. The van der Waals surface area contributed by atoms with Gasteiger partial charge in [-0.05, 0) is 24.3 Å². The van der Waals surface area contributed by atoms with E-state index in [-0.39, 0.29) is 5.60 Å². The van der Waals surface area contributed by atoms with Gasteiger partial charge in [-0.2, -0.15) is 0 Å². The molecule has 0 aliphatic heterocycles. The molecule has 1 aromatic rings. The summed E-state index contributed by atoms with van der Waals surface area (Å²) in [6.07, 6.45) is 9.62. The van der Waals surface area contributed by atoms with Crippen LogP contribution in [-0.4, -0.2) is 16.6 Å². The molecular formula is C17H23IO. The minimum Gasteiger partial charge on any atom is -0.370 e. The monoisotopic (exact) mass is 370 g/mol. The fourth-order valence-electron chi connectivity index (χ4n) is 2.58. The van der Waals surface area contributed by atoms with Crippen LogP contribution in [0.25, 0.3) is 6.08 Å². The lowest BCUT2D eigenvalue weighted by Crippen LogP contribution is -2.16. The zero-order valence-corrected chi connectivity index (χ0v) is 13.8. The molecule has 0 bridgehead atoms. The molecule has 0 radical (unpaired) electrons. The minimum atomic E-state index is 0.0379. The Morgan fingerprint density at radius 2 is 2.16 bits per heavy atom. The van der Waals surface area contributed by atoms with E-state index in [0.29, 0.717) is 0 Å². The van der Waals surface area contributed by atoms with Crippen LogP contribution < -0.4 is 0 Å². The number of rotatable bonds is 8. The summed E-state index contributed by atoms with van der Waals surface area (Å²) >= 11 is 2.38. The van der Waals surface area contributed by atoms with E-state index in [9.17, 15) is 0 Å². The van der Waals surface area contributed by atoms with E-state index in [4.69, 9.17) is 4.74 Å². The van der Waals surface area contributed by atoms with Crippen LogP contribution in [-0.2, 0) is 4.74 Å². The van der Waals surface area contributed by atoms with Gasteiger partial charge in [0.1, 0.15) is 0 Å². The minimum absolute atomic E-state index is 0.0379. The van der Waals surface area contributed by atoms with Gasteiger partial charge in [0.05, 0.1) is 12.2 Å². The van der Waals surface area contributed by atoms with Gasteiger partial charge in [-0.25, -0.2) is 0 Å². The van der Waals surface area contributed by atoms with Crippen molar-refractivity contribution >= 4 is 28.7 Å². The van der Waals surface area contributed by atoms with E-state index in [1.54, 1.807) is 0 Å². The number of alkyl halides is 1. The van der Waals surface area contributed by atoms with Crippen LogP contribution >= 0.6 is 22.6 Å². The summed E-state index contributed by atoms with van der Waals surface area (Å²) in [7, 11) is 0. The molecule has 0 N–H and O–H groups in total. The maximum atomic E-state index is 6.13. The molecule has 2 atom stereocenters. The second kappa shape index (κ2) is 7.44. The predicted octanol–water partition coefficient (Wildman–Crippen LogP) is 5.10. The van der Waals surface area contributed by atoms with Gasteiger partial charge in [0, 0.05) is 4.43 Å². The first-order valence-electron chi connectivity index (χ1n) is 7.25. The van der Waals surface area contributed by atoms with Crippen molar-refractivity contribution in [3.63, 3.8) is 0 Å². The van der Waals surface area contributed by atoms with Crippen LogP contribution in [0.15, 0.2) is 36.4 Å². The Bertz CT molecular complexity index is 401. The molecular weight excluding hydrogens is 347 g/mol. The second-order valence-corrected chi connectivity index (χ2v) is 6.36.